The van der Waals surface area contributed by atoms with Crippen molar-refractivity contribution in [3.8, 4) is 17.2 Å². The first kappa shape index (κ1) is 25.3. The highest BCUT2D eigenvalue weighted by Gasteiger charge is 2.41. The lowest BCUT2D eigenvalue weighted by molar-refractivity contribution is -0.925. The molecule has 1 unspecified atom stereocenters. The van der Waals surface area contributed by atoms with Crippen LogP contribution in [0.3, 0.4) is 0 Å². The second-order valence-corrected chi connectivity index (χ2v) is 8.57. The fourth-order valence-corrected chi connectivity index (χ4v) is 4.09. The van der Waals surface area contributed by atoms with Crippen molar-refractivity contribution >= 4 is 11.0 Å². The van der Waals surface area contributed by atoms with E-state index < -0.39 is 23.1 Å². The van der Waals surface area contributed by atoms with E-state index in [-0.39, 0.29) is 34.6 Å². The Morgan fingerprint density at radius 3 is 2.22 bits per heavy atom. The van der Waals surface area contributed by atoms with Gasteiger partial charge in [-0.05, 0) is 43.2 Å². The summed E-state index contributed by atoms with van der Waals surface area (Å²) in [5.41, 5.74) is 0.908. The molecule has 3 aromatic carbocycles. The Morgan fingerprint density at radius 2 is 1.61 bits per heavy atom. The van der Waals surface area contributed by atoms with E-state index in [1.807, 2.05) is 44.2 Å². The molecule has 5 nitrogen and oxygen atoms in total. The largest absolute Gasteiger partial charge is 0.507 e. The minimum absolute atomic E-state index is 0.0906. The van der Waals surface area contributed by atoms with Crippen LogP contribution in [-0.2, 0) is 25.7 Å². The maximum Gasteiger partial charge on any atom is 0.453 e. The number of halogens is 3. The average molecular weight is 499 g/mol. The first-order chi connectivity index (χ1) is 17.2. The lowest BCUT2D eigenvalue weighted by Crippen LogP contribution is -3.09. The van der Waals surface area contributed by atoms with Gasteiger partial charge in [0.15, 0.2) is 5.58 Å². The molecule has 1 atom stereocenters. The van der Waals surface area contributed by atoms with Gasteiger partial charge < -0.3 is 19.2 Å². The molecule has 1 heterocycles. The molecule has 8 heteroatoms. The van der Waals surface area contributed by atoms with Crippen molar-refractivity contribution in [2.24, 2.45) is 0 Å². The molecule has 0 fully saturated rings. The van der Waals surface area contributed by atoms with Crippen molar-refractivity contribution in [1.29, 1.82) is 0 Å². The highest BCUT2D eigenvalue weighted by Crippen LogP contribution is 2.39. The van der Waals surface area contributed by atoms with Gasteiger partial charge in [-0.25, -0.2) is 0 Å². The van der Waals surface area contributed by atoms with Crippen LogP contribution in [0.15, 0.2) is 75.9 Å². The van der Waals surface area contributed by atoms with Gasteiger partial charge in [-0.1, -0.05) is 49.4 Å². The number of aryl methyl sites for hydroxylation is 1. The van der Waals surface area contributed by atoms with Gasteiger partial charge in [-0.2, -0.15) is 13.2 Å². The van der Waals surface area contributed by atoms with Crippen LogP contribution in [0.5, 0.6) is 17.2 Å². The lowest BCUT2D eigenvalue weighted by atomic mass is 10.1. The number of alkyl halides is 3. The average Bonchev–Trinajstić information content (AvgIpc) is 2.87. The summed E-state index contributed by atoms with van der Waals surface area (Å²) >= 11 is 0. The van der Waals surface area contributed by atoms with E-state index in [4.69, 9.17) is 9.15 Å². The Labute approximate surface area is 206 Å². The molecular formula is C28H27F3NO4+. The molecule has 0 saturated carbocycles. The molecule has 188 valence electrons. The van der Waals surface area contributed by atoms with Gasteiger partial charge >= 0.3 is 6.18 Å². The van der Waals surface area contributed by atoms with E-state index in [2.05, 4.69) is 0 Å². The summed E-state index contributed by atoms with van der Waals surface area (Å²) in [7, 11) is 0. The van der Waals surface area contributed by atoms with Crippen LogP contribution < -0.4 is 15.1 Å². The van der Waals surface area contributed by atoms with Crippen molar-refractivity contribution in [3.63, 3.8) is 0 Å². The third kappa shape index (κ3) is 5.39. The Balaban J connectivity index is 1.80. The molecule has 4 aromatic rings. The first-order valence-electron chi connectivity index (χ1n) is 11.7. The minimum atomic E-state index is -4.99. The highest BCUT2D eigenvalue weighted by atomic mass is 19.4. The number of benzene rings is 3. The van der Waals surface area contributed by atoms with Crippen LogP contribution in [0.2, 0.25) is 0 Å². The van der Waals surface area contributed by atoms with Gasteiger partial charge in [0.05, 0.1) is 17.5 Å². The predicted molar refractivity (Wildman–Crippen MR) is 130 cm³/mol. The Kier molecular flexibility index (Phi) is 7.35. The quantitative estimate of drug-likeness (QED) is 0.338. The van der Waals surface area contributed by atoms with Crippen LogP contribution in [0, 0.1) is 0 Å². The van der Waals surface area contributed by atoms with Crippen LogP contribution in [0.25, 0.3) is 11.0 Å². The third-order valence-corrected chi connectivity index (χ3v) is 6.13. The molecule has 0 aliphatic carbocycles. The van der Waals surface area contributed by atoms with Crippen LogP contribution in [0.4, 0.5) is 13.2 Å². The zero-order chi connectivity index (χ0) is 25.9. The monoisotopic (exact) mass is 498 g/mol. The van der Waals surface area contributed by atoms with Crippen molar-refractivity contribution < 1.29 is 32.3 Å². The zero-order valence-electron chi connectivity index (χ0n) is 20.0. The second-order valence-electron chi connectivity index (χ2n) is 8.57. The standard InChI is InChI=1S/C28H26F3NO4/c1-3-18-10-12-20(13-11-18)35-26-24(34)21-14-15-23(33)22(25(21)36-27(26)28(29,30)31)17-32(4-2)16-19-8-6-5-7-9-19/h5-15,33H,3-4,16-17H2,1-2H3/p+1. The first-order valence-corrected chi connectivity index (χ1v) is 11.7. The maximum absolute atomic E-state index is 14.0. The van der Waals surface area contributed by atoms with Gasteiger partial charge in [-0.15, -0.1) is 0 Å². The summed E-state index contributed by atoms with van der Waals surface area (Å²) in [4.78, 5) is 14.2. The predicted octanol–water partition coefficient (Wildman–Crippen LogP) is 5.48. The van der Waals surface area contributed by atoms with Gasteiger partial charge in [0.25, 0.3) is 5.76 Å². The summed E-state index contributed by atoms with van der Waals surface area (Å²) in [6, 6.07) is 18.6. The number of hydrogen-bond donors (Lipinski definition) is 2. The minimum Gasteiger partial charge on any atom is -0.507 e. The number of ether oxygens (including phenoxy) is 1. The zero-order valence-corrected chi connectivity index (χ0v) is 20.0. The summed E-state index contributed by atoms with van der Waals surface area (Å²) in [6.07, 6.45) is -4.24. The molecule has 0 aliphatic heterocycles. The maximum atomic E-state index is 14.0. The number of quaternary nitrogens is 1. The number of phenolic OH excluding ortho intramolecular Hbond substituents is 1. The Morgan fingerprint density at radius 1 is 0.917 bits per heavy atom. The van der Waals surface area contributed by atoms with Crippen LogP contribution >= 0.6 is 0 Å². The Bertz CT molecular complexity index is 1400. The van der Waals surface area contributed by atoms with Crippen molar-refractivity contribution in [3.05, 3.63) is 99.4 Å². The molecule has 2 N–H and O–H groups in total. The van der Waals surface area contributed by atoms with Gasteiger partial charge in [0, 0.05) is 5.56 Å². The molecule has 0 saturated heterocycles. The number of phenols is 1. The SMILES string of the molecule is CCc1ccc(Oc2c(C(F)(F)F)oc3c(C[NH+](CC)Cc4ccccc4)c(O)ccc3c2=O)cc1. The lowest BCUT2D eigenvalue weighted by Gasteiger charge is -2.20. The molecular weight excluding hydrogens is 471 g/mol. The van der Waals surface area contributed by atoms with Crippen molar-refractivity contribution in [2.75, 3.05) is 6.54 Å². The molecule has 0 aliphatic rings. The number of hydrogen-bond acceptors (Lipinski definition) is 4. The summed E-state index contributed by atoms with van der Waals surface area (Å²) in [5, 5.41) is 10.5. The smallest absolute Gasteiger partial charge is 0.453 e. The summed E-state index contributed by atoms with van der Waals surface area (Å²) in [6.45, 7) is 5.26. The molecule has 0 bridgehead atoms. The third-order valence-electron chi connectivity index (χ3n) is 6.13. The van der Waals surface area contributed by atoms with E-state index in [1.54, 1.807) is 12.1 Å². The molecule has 0 spiro atoms. The summed E-state index contributed by atoms with van der Waals surface area (Å²) < 4.78 is 52.9. The fourth-order valence-electron chi connectivity index (χ4n) is 4.09. The van der Waals surface area contributed by atoms with Gasteiger partial charge in [-0.3, -0.25) is 4.79 Å². The highest BCUT2D eigenvalue weighted by molar-refractivity contribution is 5.83. The number of rotatable bonds is 8. The van der Waals surface area contributed by atoms with E-state index in [1.165, 1.54) is 24.3 Å². The van der Waals surface area contributed by atoms with E-state index in [9.17, 15) is 23.1 Å². The number of nitrogens with one attached hydrogen (secondary N) is 1. The Hall–Kier alpha value is -3.78. The van der Waals surface area contributed by atoms with Gasteiger partial charge in [0.2, 0.25) is 11.2 Å². The van der Waals surface area contributed by atoms with E-state index in [0.29, 0.717) is 13.1 Å². The van der Waals surface area contributed by atoms with Gasteiger partial charge in [0.1, 0.15) is 24.6 Å². The molecule has 4 rings (SSSR count). The topological polar surface area (TPSA) is 64.1 Å². The van der Waals surface area contributed by atoms with Crippen LogP contribution in [0.1, 0.15) is 36.3 Å². The molecule has 1 aromatic heterocycles. The van der Waals surface area contributed by atoms with Crippen LogP contribution in [-0.4, -0.2) is 11.7 Å². The fraction of sp³-hybridized carbons (Fsp3) is 0.250. The molecule has 0 radical (unpaired) electrons. The number of aromatic hydroxyl groups is 1. The molecule has 0 amide bonds. The normalized spacial score (nSPS) is 12.6. The van der Waals surface area contributed by atoms with Crippen molar-refractivity contribution in [1.82, 2.24) is 0 Å². The second kappa shape index (κ2) is 10.5. The van der Waals surface area contributed by atoms with E-state index >= 15 is 0 Å². The van der Waals surface area contributed by atoms with Crippen molar-refractivity contribution in [2.45, 2.75) is 39.5 Å². The van der Waals surface area contributed by atoms with E-state index in [0.717, 1.165) is 22.4 Å². The summed E-state index contributed by atoms with van der Waals surface area (Å²) in [5.74, 6) is -2.61. The number of fused-ring (bicyclic) bond motifs is 1. The molecule has 36 heavy (non-hydrogen) atoms.